The molecule has 0 aliphatic rings. The predicted molar refractivity (Wildman–Crippen MR) is 70.2 cm³/mol. The van der Waals surface area contributed by atoms with E-state index in [2.05, 4.69) is 22.0 Å². The standard InChI is InChI=1S/C13H24BrN/c14-12-10-8-6-4-2-1-3-5-7-9-11-13-15/h1-12H2. The molecule has 0 unspecified atom stereocenters. The third kappa shape index (κ3) is 14.0. The maximum atomic E-state index is 8.36. The average molecular weight is 274 g/mol. The molecule has 0 saturated carbocycles. The second kappa shape index (κ2) is 14.0. The zero-order valence-corrected chi connectivity index (χ0v) is 11.4. The third-order valence-electron chi connectivity index (χ3n) is 2.67. The Bertz CT molecular complexity index is 151. The highest BCUT2D eigenvalue weighted by Crippen LogP contribution is 2.11. The summed E-state index contributed by atoms with van der Waals surface area (Å²) in [6.45, 7) is 0. The minimum absolute atomic E-state index is 0.743. The molecule has 0 aromatic heterocycles. The van der Waals surface area contributed by atoms with E-state index in [-0.39, 0.29) is 0 Å². The fourth-order valence-electron chi connectivity index (χ4n) is 1.71. The second-order valence-corrected chi connectivity index (χ2v) is 4.93. The van der Waals surface area contributed by atoms with Gasteiger partial charge in [0, 0.05) is 11.8 Å². The third-order valence-corrected chi connectivity index (χ3v) is 3.23. The van der Waals surface area contributed by atoms with Gasteiger partial charge in [-0.1, -0.05) is 67.3 Å². The van der Waals surface area contributed by atoms with Gasteiger partial charge in [0.05, 0.1) is 6.07 Å². The summed E-state index contributed by atoms with van der Waals surface area (Å²) in [5.74, 6) is 0. The quantitative estimate of drug-likeness (QED) is 0.375. The molecule has 0 radical (unpaired) electrons. The zero-order valence-electron chi connectivity index (χ0n) is 9.81. The number of hydrogen-bond donors (Lipinski definition) is 0. The van der Waals surface area contributed by atoms with E-state index in [1.807, 2.05) is 0 Å². The molecule has 0 rings (SSSR count). The summed E-state index contributed by atoms with van der Waals surface area (Å²) in [6, 6.07) is 2.19. The molecule has 0 amide bonds. The van der Waals surface area contributed by atoms with E-state index < -0.39 is 0 Å². The molecule has 0 heterocycles. The SMILES string of the molecule is N#CCCCCCCCCCCCCBr. The van der Waals surface area contributed by atoms with Crippen LogP contribution < -0.4 is 0 Å². The molecule has 1 nitrogen and oxygen atoms in total. The first-order chi connectivity index (χ1) is 7.41. The minimum atomic E-state index is 0.743. The Kier molecular flexibility index (Phi) is 13.9. The van der Waals surface area contributed by atoms with Gasteiger partial charge in [0.15, 0.2) is 0 Å². The molecule has 0 fully saturated rings. The van der Waals surface area contributed by atoms with Crippen LogP contribution >= 0.6 is 15.9 Å². The Balaban J connectivity index is 2.84. The number of halogens is 1. The summed E-state index contributed by atoms with van der Waals surface area (Å²) in [5, 5.41) is 9.52. The molecule has 0 saturated heterocycles. The van der Waals surface area contributed by atoms with Crippen molar-refractivity contribution in [1.82, 2.24) is 0 Å². The Morgan fingerprint density at radius 3 is 1.47 bits per heavy atom. The Labute approximate surface area is 103 Å². The lowest BCUT2D eigenvalue weighted by Crippen LogP contribution is -1.82. The van der Waals surface area contributed by atoms with Crippen molar-refractivity contribution in [3.05, 3.63) is 0 Å². The van der Waals surface area contributed by atoms with E-state index in [4.69, 9.17) is 5.26 Å². The summed E-state index contributed by atoms with van der Waals surface area (Å²) in [4.78, 5) is 0. The number of alkyl halides is 1. The van der Waals surface area contributed by atoms with Gasteiger partial charge in [-0.3, -0.25) is 0 Å². The fraction of sp³-hybridized carbons (Fsp3) is 0.923. The van der Waals surface area contributed by atoms with Crippen molar-refractivity contribution in [2.45, 2.75) is 70.6 Å². The van der Waals surface area contributed by atoms with Gasteiger partial charge in [0.2, 0.25) is 0 Å². The predicted octanol–water partition coefficient (Wildman–Crippen LogP) is 5.20. The summed E-state index contributed by atoms with van der Waals surface area (Å²) in [7, 11) is 0. The highest BCUT2D eigenvalue weighted by Gasteiger charge is 1.92. The van der Waals surface area contributed by atoms with Gasteiger partial charge in [-0.2, -0.15) is 5.26 Å². The lowest BCUT2D eigenvalue weighted by Gasteiger charge is -2.01. The minimum Gasteiger partial charge on any atom is -0.198 e. The van der Waals surface area contributed by atoms with Gasteiger partial charge in [-0.05, 0) is 12.8 Å². The van der Waals surface area contributed by atoms with Crippen molar-refractivity contribution >= 4 is 15.9 Å². The van der Waals surface area contributed by atoms with Gasteiger partial charge in [-0.15, -0.1) is 0 Å². The lowest BCUT2D eigenvalue weighted by molar-refractivity contribution is 0.559. The summed E-state index contributed by atoms with van der Waals surface area (Å²) >= 11 is 3.45. The molecule has 0 spiro atoms. The van der Waals surface area contributed by atoms with Crippen LogP contribution in [0.2, 0.25) is 0 Å². The average Bonchev–Trinajstić information content (AvgIpc) is 2.26. The van der Waals surface area contributed by atoms with Gasteiger partial charge in [0.1, 0.15) is 0 Å². The highest BCUT2D eigenvalue weighted by molar-refractivity contribution is 9.09. The number of hydrogen-bond acceptors (Lipinski definition) is 1. The van der Waals surface area contributed by atoms with Gasteiger partial charge in [-0.25, -0.2) is 0 Å². The first-order valence-corrected chi connectivity index (χ1v) is 7.47. The topological polar surface area (TPSA) is 23.8 Å². The van der Waals surface area contributed by atoms with Crippen LogP contribution in [0.5, 0.6) is 0 Å². The first-order valence-electron chi connectivity index (χ1n) is 6.34. The molecular formula is C13H24BrN. The number of nitrogens with zero attached hydrogens (tertiary/aromatic N) is 1. The monoisotopic (exact) mass is 273 g/mol. The highest BCUT2D eigenvalue weighted by atomic mass is 79.9. The van der Waals surface area contributed by atoms with Crippen molar-refractivity contribution in [2.24, 2.45) is 0 Å². The van der Waals surface area contributed by atoms with Gasteiger partial charge in [0.25, 0.3) is 0 Å². The van der Waals surface area contributed by atoms with Crippen molar-refractivity contribution in [1.29, 1.82) is 5.26 Å². The van der Waals surface area contributed by atoms with E-state index in [1.165, 1.54) is 57.8 Å². The fourth-order valence-corrected chi connectivity index (χ4v) is 2.11. The maximum absolute atomic E-state index is 8.36. The van der Waals surface area contributed by atoms with Crippen molar-refractivity contribution in [3.8, 4) is 6.07 Å². The van der Waals surface area contributed by atoms with E-state index in [1.54, 1.807) is 0 Å². The summed E-state index contributed by atoms with van der Waals surface area (Å²) in [6.07, 6.45) is 14.1. The summed E-state index contributed by atoms with van der Waals surface area (Å²) < 4.78 is 0. The van der Waals surface area contributed by atoms with Gasteiger partial charge < -0.3 is 0 Å². The second-order valence-electron chi connectivity index (χ2n) is 4.13. The summed E-state index contributed by atoms with van der Waals surface area (Å²) in [5.41, 5.74) is 0. The first kappa shape index (κ1) is 15.0. The molecule has 0 aliphatic heterocycles. The van der Waals surface area contributed by atoms with E-state index in [0.717, 1.165) is 18.2 Å². The van der Waals surface area contributed by atoms with Crippen molar-refractivity contribution < 1.29 is 0 Å². The molecule has 2 heteroatoms. The molecule has 0 aromatic rings. The molecule has 88 valence electrons. The molecular weight excluding hydrogens is 250 g/mol. The van der Waals surface area contributed by atoms with Crippen molar-refractivity contribution in [3.63, 3.8) is 0 Å². The van der Waals surface area contributed by atoms with Crippen LogP contribution in [0.3, 0.4) is 0 Å². The van der Waals surface area contributed by atoms with Crippen LogP contribution in [-0.2, 0) is 0 Å². The Hall–Kier alpha value is -0.0300. The molecule has 0 aliphatic carbocycles. The van der Waals surface area contributed by atoms with Crippen LogP contribution in [-0.4, -0.2) is 5.33 Å². The molecule has 0 atom stereocenters. The molecule has 15 heavy (non-hydrogen) atoms. The largest absolute Gasteiger partial charge is 0.198 e. The Morgan fingerprint density at radius 2 is 1.07 bits per heavy atom. The van der Waals surface area contributed by atoms with Crippen molar-refractivity contribution in [2.75, 3.05) is 5.33 Å². The van der Waals surface area contributed by atoms with E-state index in [0.29, 0.717) is 0 Å². The number of nitriles is 1. The van der Waals surface area contributed by atoms with E-state index >= 15 is 0 Å². The smallest absolute Gasteiger partial charge is 0.0621 e. The van der Waals surface area contributed by atoms with Crippen LogP contribution in [0.4, 0.5) is 0 Å². The molecule has 0 bridgehead atoms. The van der Waals surface area contributed by atoms with Crippen LogP contribution in [0, 0.1) is 11.3 Å². The number of rotatable bonds is 11. The Morgan fingerprint density at radius 1 is 0.667 bits per heavy atom. The molecule has 0 aromatic carbocycles. The van der Waals surface area contributed by atoms with Crippen LogP contribution in [0.1, 0.15) is 70.6 Å². The normalized spacial score (nSPS) is 10.1. The van der Waals surface area contributed by atoms with E-state index in [9.17, 15) is 0 Å². The zero-order chi connectivity index (χ0) is 11.2. The maximum Gasteiger partial charge on any atom is 0.0621 e. The number of unbranched alkanes of at least 4 members (excludes halogenated alkanes) is 10. The van der Waals surface area contributed by atoms with Crippen LogP contribution in [0.15, 0.2) is 0 Å². The lowest BCUT2D eigenvalue weighted by atomic mass is 10.1. The van der Waals surface area contributed by atoms with Gasteiger partial charge >= 0.3 is 0 Å². The molecule has 0 N–H and O–H groups in total. The van der Waals surface area contributed by atoms with Crippen LogP contribution in [0.25, 0.3) is 0 Å².